The molecule has 0 unspecified atom stereocenters. The average molecular weight is 437 g/mol. The zero-order valence-corrected chi connectivity index (χ0v) is 16.7. The zero-order valence-electron chi connectivity index (χ0n) is 15.1. The van der Waals surface area contributed by atoms with Crippen molar-refractivity contribution < 1.29 is 9.53 Å². The number of aromatic nitrogens is 3. The van der Waals surface area contributed by atoms with E-state index in [-0.39, 0.29) is 5.91 Å². The summed E-state index contributed by atoms with van der Waals surface area (Å²) in [6.45, 7) is 0.413. The molecule has 0 bridgehead atoms. The smallest absolute Gasteiger partial charge is 0.251 e. The normalized spacial score (nSPS) is 10.8. The maximum absolute atomic E-state index is 12.5. The lowest BCUT2D eigenvalue weighted by Crippen LogP contribution is -2.22. The van der Waals surface area contributed by atoms with Crippen molar-refractivity contribution in [3.05, 3.63) is 82.5 Å². The molecule has 0 saturated carbocycles. The molecule has 0 aliphatic carbocycles. The molecular weight excluding hydrogens is 420 g/mol. The largest absolute Gasteiger partial charge is 0.497 e. The summed E-state index contributed by atoms with van der Waals surface area (Å²) in [5, 5.41) is 11.4. The van der Waals surface area contributed by atoms with Crippen LogP contribution in [-0.2, 0) is 6.54 Å². The van der Waals surface area contributed by atoms with Gasteiger partial charge in [-0.25, -0.2) is 0 Å². The molecule has 1 N–H and O–H groups in total. The topological polar surface area (TPSA) is 68.5 Å². The predicted octanol–water partition coefficient (Wildman–Crippen LogP) is 4.10. The number of nitrogens with one attached hydrogen (secondary N) is 1. The monoisotopic (exact) mass is 436 g/mol. The molecule has 0 aliphatic heterocycles. The molecular formula is C21H17BrN4O2. The number of pyridine rings is 1. The Balaban J connectivity index is 1.55. The Kier molecular flexibility index (Phi) is 5.08. The van der Waals surface area contributed by atoms with E-state index in [1.165, 1.54) is 0 Å². The molecule has 1 amide bonds. The first-order valence-corrected chi connectivity index (χ1v) is 9.46. The third-order valence-corrected chi connectivity index (χ3v) is 5.07. The van der Waals surface area contributed by atoms with E-state index in [0.29, 0.717) is 23.6 Å². The Labute approximate surface area is 170 Å². The van der Waals surface area contributed by atoms with Crippen LogP contribution in [0.2, 0.25) is 0 Å². The van der Waals surface area contributed by atoms with Crippen molar-refractivity contribution >= 4 is 27.5 Å². The number of hydrogen-bond donors (Lipinski definition) is 1. The highest BCUT2D eigenvalue weighted by Gasteiger charge is 2.13. The van der Waals surface area contributed by atoms with E-state index in [4.69, 9.17) is 4.74 Å². The standard InChI is InChI=1S/C21H17BrN4O2/c1-28-16-6-4-5-14(11-16)13-23-21(27)15-9-10-26-19(12-15)24-25-20(26)17-7-2-3-8-18(17)22/h2-12H,13H2,1H3,(H,23,27). The minimum atomic E-state index is -0.171. The Morgan fingerprint density at radius 2 is 1.96 bits per heavy atom. The van der Waals surface area contributed by atoms with Gasteiger partial charge in [-0.05, 0) is 35.9 Å². The second-order valence-corrected chi connectivity index (χ2v) is 7.04. The fraction of sp³-hybridized carbons (Fsp3) is 0.0952. The van der Waals surface area contributed by atoms with Crippen molar-refractivity contribution in [3.63, 3.8) is 0 Å². The summed E-state index contributed by atoms with van der Waals surface area (Å²) >= 11 is 3.54. The van der Waals surface area contributed by atoms with Gasteiger partial charge in [0.05, 0.1) is 7.11 Å². The summed E-state index contributed by atoms with van der Waals surface area (Å²) in [6, 6.07) is 18.9. The van der Waals surface area contributed by atoms with Crippen LogP contribution in [0.5, 0.6) is 5.75 Å². The predicted molar refractivity (Wildman–Crippen MR) is 110 cm³/mol. The van der Waals surface area contributed by atoms with Gasteiger partial charge < -0.3 is 10.1 Å². The van der Waals surface area contributed by atoms with Crippen LogP contribution in [0.25, 0.3) is 17.0 Å². The van der Waals surface area contributed by atoms with Crippen molar-refractivity contribution in [3.8, 4) is 17.1 Å². The van der Waals surface area contributed by atoms with Crippen LogP contribution in [0.1, 0.15) is 15.9 Å². The van der Waals surface area contributed by atoms with Crippen LogP contribution in [-0.4, -0.2) is 27.6 Å². The van der Waals surface area contributed by atoms with Crippen LogP contribution in [0.3, 0.4) is 0 Å². The molecule has 4 aromatic rings. The average Bonchev–Trinajstić information content (AvgIpc) is 3.15. The SMILES string of the molecule is COc1cccc(CNC(=O)c2ccn3c(-c4ccccc4Br)nnc3c2)c1. The number of hydrogen-bond acceptors (Lipinski definition) is 4. The van der Waals surface area contributed by atoms with Gasteiger partial charge in [-0.1, -0.05) is 46.3 Å². The molecule has 28 heavy (non-hydrogen) atoms. The van der Waals surface area contributed by atoms with Crippen molar-refractivity contribution in [2.24, 2.45) is 0 Å². The Morgan fingerprint density at radius 1 is 1.11 bits per heavy atom. The summed E-state index contributed by atoms with van der Waals surface area (Å²) in [6.07, 6.45) is 1.81. The van der Waals surface area contributed by atoms with Crippen LogP contribution in [0.4, 0.5) is 0 Å². The number of nitrogens with zero attached hydrogens (tertiary/aromatic N) is 3. The van der Waals surface area contributed by atoms with Gasteiger partial charge in [0.25, 0.3) is 5.91 Å². The molecule has 2 aromatic heterocycles. The second-order valence-electron chi connectivity index (χ2n) is 6.18. The molecule has 2 heterocycles. The number of halogens is 1. The van der Waals surface area contributed by atoms with Gasteiger partial charge in [-0.2, -0.15) is 0 Å². The highest BCUT2D eigenvalue weighted by Crippen LogP contribution is 2.27. The Hall–Kier alpha value is -3.19. The quantitative estimate of drug-likeness (QED) is 0.511. The molecule has 0 spiro atoms. The van der Waals surface area contributed by atoms with Gasteiger partial charge in [0.2, 0.25) is 0 Å². The summed E-state index contributed by atoms with van der Waals surface area (Å²) in [5.41, 5.74) is 3.04. The fourth-order valence-corrected chi connectivity index (χ4v) is 3.39. The molecule has 7 heteroatoms. The van der Waals surface area contributed by atoms with E-state index in [2.05, 4.69) is 31.4 Å². The number of methoxy groups -OCH3 is 1. The number of carbonyl (C=O) groups is 1. The van der Waals surface area contributed by atoms with Crippen LogP contribution in [0, 0.1) is 0 Å². The highest BCUT2D eigenvalue weighted by molar-refractivity contribution is 9.10. The third kappa shape index (κ3) is 3.61. The van der Waals surface area contributed by atoms with Gasteiger partial charge in [0.1, 0.15) is 5.75 Å². The summed E-state index contributed by atoms with van der Waals surface area (Å²) in [7, 11) is 1.62. The van der Waals surface area contributed by atoms with E-state index in [0.717, 1.165) is 21.3 Å². The van der Waals surface area contributed by atoms with Crippen LogP contribution >= 0.6 is 15.9 Å². The van der Waals surface area contributed by atoms with Crippen molar-refractivity contribution in [2.75, 3.05) is 7.11 Å². The second kappa shape index (κ2) is 7.82. The molecule has 140 valence electrons. The molecule has 2 aromatic carbocycles. The lowest BCUT2D eigenvalue weighted by atomic mass is 10.2. The van der Waals surface area contributed by atoms with E-state index in [1.54, 1.807) is 19.2 Å². The van der Waals surface area contributed by atoms with Gasteiger partial charge in [-0.15, -0.1) is 10.2 Å². The van der Waals surface area contributed by atoms with Crippen LogP contribution in [0.15, 0.2) is 71.3 Å². The van der Waals surface area contributed by atoms with E-state index < -0.39 is 0 Å². The lowest BCUT2D eigenvalue weighted by Gasteiger charge is -2.08. The molecule has 4 rings (SSSR count). The molecule has 0 radical (unpaired) electrons. The molecule has 0 fully saturated rings. The molecule has 0 saturated heterocycles. The third-order valence-electron chi connectivity index (χ3n) is 4.37. The number of rotatable bonds is 5. The van der Waals surface area contributed by atoms with Gasteiger partial charge in [0, 0.05) is 28.3 Å². The lowest BCUT2D eigenvalue weighted by molar-refractivity contribution is 0.0951. The number of carbonyl (C=O) groups excluding carboxylic acids is 1. The number of fused-ring (bicyclic) bond motifs is 1. The van der Waals surface area contributed by atoms with Gasteiger partial charge in [-0.3, -0.25) is 9.20 Å². The van der Waals surface area contributed by atoms with Gasteiger partial charge >= 0.3 is 0 Å². The molecule has 0 aliphatic rings. The minimum Gasteiger partial charge on any atom is -0.497 e. The molecule has 6 nitrogen and oxygen atoms in total. The first-order valence-electron chi connectivity index (χ1n) is 8.66. The number of amides is 1. The maximum atomic E-state index is 12.5. The number of benzene rings is 2. The summed E-state index contributed by atoms with van der Waals surface area (Å²) in [4.78, 5) is 12.5. The van der Waals surface area contributed by atoms with E-state index in [1.807, 2.05) is 59.1 Å². The minimum absolute atomic E-state index is 0.171. The van der Waals surface area contributed by atoms with Crippen LogP contribution < -0.4 is 10.1 Å². The molecule has 0 atom stereocenters. The van der Waals surface area contributed by atoms with Gasteiger partial charge in [0.15, 0.2) is 11.5 Å². The van der Waals surface area contributed by atoms with E-state index in [9.17, 15) is 4.79 Å². The Morgan fingerprint density at radius 3 is 2.79 bits per heavy atom. The Bertz CT molecular complexity index is 1160. The summed E-state index contributed by atoms with van der Waals surface area (Å²) in [5.74, 6) is 1.30. The van der Waals surface area contributed by atoms with Crippen molar-refractivity contribution in [1.29, 1.82) is 0 Å². The summed E-state index contributed by atoms with van der Waals surface area (Å²) < 4.78 is 8.00. The first-order chi connectivity index (χ1) is 13.7. The van der Waals surface area contributed by atoms with Crippen molar-refractivity contribution in [1.82, 2.24) is 19.9 Å². The highest BCUT2D eigenvalue weighted by atomic mass is 79.9. The first kappa shape index (κ1) is 18.2. The van der Waals surface area contributed by atoms with E-state index >= 15 is 0 Å². The fourth-order valence-electron chi connectivity index (χ4n) is 2.93. The van der Waals surface area contributed by atoms with Crippen molar-refractivity contribution in [2.45, 2.75) is 6.54 Å². The number of ether oxygens (including phenoxy) is 1. The zero-order chi connectivity index (χ0) is 19.5. The maximum Gasteiger partial charge on any atom is 0.251 e.